The van der Waals surface area contributed by atoms with Crippen LogP contribution in [0.15, 0.2) is 30.5 Å². The molecule has 7 heteroatoms. The van der Waals surface area contributed by atoms with Crippen LogP contribution in [0.4, 0.5) is 5.69 Å². The molecule has 0 fully saturated rings. The molecule has 1 amide bonds. The van der Waals surface area contributed by atoms with Gasteiger partial charge in [-0.2, -0.15) is 0 Å². The fourth-order valence-electron chi connectivity index (χ4n) is 1.39. The second-order valence-electron chi connectivity index (χ2n) is 3.56. The van der Waals surface area contributed by atoms with Crippen LogP contribution in [-0.2, 0) is 0 Å². The Hall–Kier alpha value is -1.86. The molecule has 1 aromatic carbocycles. The molecule has 0 atom stereocenters. The molecule has 2 rings (SSSR count). The summed E-state index contributed by atoms with van der Waals surface area (Å²) in [6, 6.07) is 7.15. The van der Waals surface area contributed by atoms with E-state index in [2.05, 4.69) is 9.59 Å². The van der Waals surface area contributed by atoms with Crippen LogP contribution < -0.4 is 10.6 Å². The van der Waals surface area contributed by atoms with Gasteiger partial charge in [-0.15, -0.1) is 5.10 Å². The molecule has 0 aliphatic carbocycles. The van der Waals surface area contributed by atoms with Gasteiger partial charge in [0, 0.05) is 18.3 Å². The van der Waals surface area contributed by atoms with E-state index in [1.54, 1.807) is 31.3 Å². The summed E-state index contributed by atoms with van der Waals surface area (Å²) in [4.78, 5) is 14.4. The lowest BCUT2D eigenvalue weighted by atomic mass is 10.2. The lowest BCUT2D eigenvalue weighted by Gasteiger charge is -2.16. The average Bonchev–Trinajstić information content (AvgIpc) is 2.91. The summed E-state index contributed by atoms with van der Waals surface area (Å²) in [7, 11) is 1.69. The summed E-state index contributed by atoms with van der Waals surface area (Å²) in [6.07, 6.45) is 1.45. The molecule has 18 heavy (non-hydrogen) atoms. The maximum Gasteiger partial charge on any atom is 0.271 e. The van der Waals surface area contributed by atoms with Gasteiger partial charge >= 0.3 is 0 Å². The van der Waals surface area contributed by atoms with Crippen molar-refractivity contribution >= 4 is 40.3 Å². The summed E-state index contributed by atoms with van der Waals surface area (Å²) >= 11 is 5.94. The Labute approximate surface area is 113 Å². The number of carbonyl (C=O) groups excluding carboxylic acids is 1. The zero-order valence-electron chi connectivity index (χ0n) is 9.53. The minimum Gasteiger partial charge on any atom is -0.389 e. The van der Waals surface area contributed by atoms with Crippen molar-refractivity contribution in [2.45, 2.75) is 0 Å². The quantitative estimate of drug-likeness (QED) is 0.860. The highest BCUT2D eigenvalue weighted by Gasteiger charge is 2.15. The molecule has 2 aromatic rings. The van der Waals surface area contributed by atoms with E-state index in [4.69, 9.17) is 18.0 Å². The fraction of sp³-hybridized carbons (Fsp3) is 0.0909. The minimum absolute atomic E-state index is 0.145. The van der Waals surface area contributed by atoms with Gasteiger partial charge in [-0.05, 0) is 35.8 Å². The summed E-state index contributed by atoms with van der Waals surface area (Å²) in [6.45, 7) is 0. The van der Waals surface area contributed by atoms with Crippen LogP contribution >= 0.6 is 23.8 Å². The van der Waals surface area contributed by atoms with Gasteiger partial charge in [0.25, 0.3) is 5.91 Å². The molecular weight excluding hydrogens is 268 g/mol. The van der Waals surface area contributed by atoms with E-state index in [1.165, 1.54) is 11.1 Å². The van der Waals surface area contributed by atoms with Gasteiger partial charge in [-0.1, -0.05) is 16.7 Å². The molecule has 0 unspecified atom stereocenters. The topological polar surface area (TPSA) is 72.1 Å². The lowest BCUT2D eigenvalue weighted by molar-refractivity contribution is 0.0996. The maximum atomic E-state index is 12.0. The average molecular weight is 278 g/mol. The Morgan fingerprint density at radius 1 is 1.39 bits per heavy atom. The van der Waals surface area contributed by atoms with Gasteiger partial charge in [0.1, 0.15) is 9.87 Å². The summed E-state index contributed by atoms with van der Waals surface area (Å²) in [5, 5.41) is 3.64. The van der Waals surface area contributed by atoms with Crippen molar-refractivity contribution < 1.29 is 4.79 Å². The summed E-state index contributed by atoms with van der Waals surface area (Å²) in [5.74, 6) is -0.145. The zero-order chi connectivity index (χ0) is 13.1. The first-order chi connectivity index (χ1) is 8.59. The van der Waals surface area contributed by atoms with E-state index < -0.39 is 0 Å². The molecule has 2 N–H and O–H groups in total. The molecule has 0 aliphatic heterocycles. The molecule has 0 aliphatic rings. The largest absolute Gasteiger partial charge is 0.389 e. The van der Waals surface area contributed by atoms with Gasteiger partial charge in [0.15, 0.2) is 0 Å². The van der Waals surface area contributed by atoms with Crippen LogP contribution in [0.1, 0.15) is 15.2 Å². The van der Waals surface area contributed by atoms with Crippen LogP contribution in [0.2, 0.25) is 0 Å². The predicted octanol–water partition coefficient (Wildman–Crippen LogP) is 1.45. The fourth-order valence-corrected chi connectivity index (χ4v) is 2.02. The Morgan fingerprint density at radius 3 is 2.56 bits per heavy atom. The molecule has 1 heterocycles. The molecule has 5 nitrogen and oxygen atoms in total. The van der Waals surface area contributed by atoms with Gasteiger partial charge in [-0.25, -0.2) is 0 Å². The zero-order valence-corrected chi connectivity index (χ0v) is 11.2. The molecule has 0 spiro atoms. The number of benzene rings is 1. The molecule has 0 saturated carbocycles. The van der Waals surface area contributed by atoms with Crippen LogP contribution in [0.5, 0.6) is 0 Å². The highest BCUT2D eigenvalue weighted by molar-refractivity contribution is 7.80. The van der Waals surface area contributed by atoms with E-state index in [9.17, 15) is 4.79 Å². The van der Waals surface area contributed by atoms with E-state index in [0.717, 1.165) is 22.8 Å². The number of hydrogen-bond acceptors (Lipinski definition) is 5. The van der Waals surface area contributed by atoms with Gasteiger partial charge in [-0.3, -0.25) is 4.79 Å². The maximum absolute atomic E-state index is 12.0. The third-order valence-electron chi connectivity index (χ3n) is 2.42. The molecule has 0 radical (unpaired) electrons. The third-order valence-corrected chi connectivity index (χ3v) is 3.30. The van der Waals surface area contributed by atoms with Crippen molar-refractivity contribution in [2.24, 2.45) is 5.73 Å². The first kappa shape index (κ1) is 12.6. The van der Waals surface area contributed by atoms with Crippen LogP contribution in [0, 0.1) is 0 Å². The number of carbonyl (C=O) groups is 1. The van der Waals surface area contributed by atoms with Crippen molar-refractivity contribution in [1.29, 1.82) is 0 Å². The third kappa shape index (κ3) is 2.52. The number of aromatic nitrogens is 2. The molecule has 0 saturated heterocycles. The Kier molecular flexibility index (Phi) is 3.63. The summed E-state index contributed by atoms with van der Waals surface area (Å²) < 4.78 is 3.67. The first-order valence-corrected chi connectivity index (χ1v) is 6.23. The SMILES string of the molecule is CN(C(=O)c1cnns1)c1ccc(C(N)=S)cc1. The van der Waals surface area contributed by atoms with Crippen LogP contribution in [-0.4, -0.2) is 27.5 Å². The smallest absolute Gasteiger partial charge is 0.271 e. The number of hydrogen-bond donors (Lipinski definition) is 1. The van der Waals surface area contributed by atoms with E-state index in [-0.39, 0.29) is 5.91 Å². The highest BCUT2D eigenvalue weighted by atomic mass is 32.1. The van der Waals surface area contributed by atoms with Crippen molar-refractivity contribution in [1.82, 2.24) is 9.59 Å². The summed E-state index contributed by atoms with van der Waals surface area (Å²) in [5.41, 5.74) is 7.04. The number of anilines is 1. The number of thiocarbonyl (C=S) groups is 1. The van der Waals surface area contributed by atoms with E-state index >= 15 is 0 Å². The second kappa shape index (κ2) is 5.19. The number of nitrogens with two attached hydrogens (primary N) is 1. The van der Waals surface area contributed by atoms with Gasteiger partial charge in [0.05, 0.1) is 6.20 Å². The predicted molar refractivity (Wildman–Crippen MR) is 75.0 cm³/mol. The van der Waals surface area contributed by atoms with Crippen LogP contribution in [0.3, 0.4) is 0 Å². The number of nitrogens with zero attached hydrogens (tertiary/aromatic N) is 3. The monoisotopic (exact) mass is 278 g/mol. The molecule has 92 valence electrons. The molecule has 1 aromatic heterocycles. The lowest BCUT2D eigenvalue weighted by Crippen LogP contribution is -2.25. The highest BCUT2D eigenvalue weighted by Crippen LogP contribution is 2.17. The second-order valence-corrected chi connectivity index (χ2v) is 4.78. The Balaban J connectivity index is 2.21. The van der Waals surface area contributed by atoms with E-state index in [1.807, 2.05) is 0 Å². The molecular formula is C11H10N4OS2. The Morgan fingerprint density at radius 2 is 2.06 bits per heavy atom. The van der Waals surface area contributed by atoms with E-state index in [0.29, 0.717) is 9.87 Å². The van der Waals surface area contributed by atoms with Crippen molar-refractivity contribution in [3.8, 4) is 0 Å². The van der Waals surface area contributed by atoms with Crippen molar-refractivity contribution in [3.05, 3.63) is 40.9 Å². The first-order valence-electron chi connectivity index (χ1n) is 5.05. The normalized spacial score (nSPS) is 10.1. The minimum atomic E-state index is -0.145. The van der Waals surface area contributed by atoms with Crippen molar-refractivity contribution in [3.63, 3.8) is 0 Å². The van der Waals surface area contributed by atoms with Crippen LogP contribution in [0.25, 0.3) is 0 Å². The standard InChI is InChI=1S/C11H10N4OS2/c1-15(11(16)9-6-13-14-18-9)8-4-2-7(3-5-8)10(12)17/h2-6H,1H3,(H2,12,17). The number of rotatable bonds is 3. The van der Waals surface area contributed by atoms with Crippen molar-refractivity contribution in [2.75, 3.05) is 11.9 Å². The number of amides is 1. The Bertz CT molecular complexity index is 565. The van der Waals surface area contributed by atoms with Gasteiger partial charge in [0.2, 0.25) is 0 Å². The molecule has 0 bridgehead atoms. The van der Waals surface area contributed by atoms with Gasteiger partial charge < -0.3 is 10.6 Å².